The number of hydrogen-bond donors (Lipinski definition) is 2. The molecule has 1 atom stereocenters. The van der Waals surface area contributed by atoms with Crippen molar-refractivity contribution >= 4 is 23.6 Å². The molecular formula is C14H23N5O3S. The lowest BCUT2D eigenvalue weighted by Gasteiger charge is -2.14. The fourth-order valence-corrected chi connectivity index (χ4v) is 3.10. The van der Waals surface area contributed by atoms with Crippen LogP contribution in [-0.2, 0) is 27.3 Å². The van der Waals surface area contributed by atoms with E-state index in [2.05, 4.69) is 32.5 Å². The SMILES string of the molecule is CCCc1nnc(SCC(=O)NNC(C)=O)n1CC1CCCO1. The van der Waals surface area contributed by atoms with Crippen LogP contribution in [0.5, 0.6) is 0 Å². The largest absolute Gasteiger partial charge is 0.376 e. The van der Waals surface area contributed by atoms with Gasteiger partial charge in [-0.1, -0.05) is 18.7 Å². The van der Waals surface area contributed by atoms with Gasteiger partial charge in [-0.3, -0.25) is 20.4 Å². The Balaban J connectivity index is 1.96. The number of amides is 2. The average molecular weight is 341 g/mol. The molecule has 1 aliphatic heterocycles. The molecule has 1 aromatic heterocycles. The zero-order chi connectivity index (χ0) is 16.7. The van der Waals surface area contributed by atoms with Crippen molar-refractivity contribution in [3.05, 3.63) is 5.82 Å². The van der Waals surface area contributed by atoms with Gasteiger partial charge in [-0.2, -0.15) is 0 Å². The van der Waals surface area contributed by atoms with Crippen LogP contribution in [0.1, 0.15) is 38.9 Å². The van der Waals surface area contributed by atoms with Gasteiger partial charge in [0.15, 0.2) is 5.16 Å². The number of ether oxygens (including phenoxy) is 1. The van der Waals surface area contributed by atoms with Crippen LogP contribution >= 0.6 is 11.8 Å². The third kappa shape index (κ3) is 5.51. The molecule has 0 radical (unpaired) electrons. The molecule has 1 saturated heterocycles. The van der Waals surface area contributed by atoms with Gasteiger partial charge in [-0.05, 0) is 19.3 Å². The Morgan fingerprint density at radius 1 is 1.39 bits per heavy atom. The first-order valence-electron chi connectivity index (χ1n) is 7.82. The van der Waals surface area contributed by atoms with Gasteiger partial charge in [-0.25, -0.2) is 0 Å². The van der Waals surface area contributed by atoms with Crippen LogP contribution < -0.4 is 10.9 Å². The monoisotopic (exact) mass is 341 g/mol. The standard InChI is InChI=1S/C14H23N5O3S/c1-3-5-12-16-18-14(19(12)8-11-6-4-7-22-11)23-9-13(21)17-15-10(2)20/h11H,3-9H2,1-2H3,(H,15,20)(H,17,21). The molecule has 1 aliphatic rings. The van der Waals surface area contributed by atoms with Crippen LogP contribution in [0.3, 0.4) is 0 Å². The first-order chi connectivity index (χ1) is 11.1. The fourth-order valence-electron chi connectivity index (χ4n) is 2.33. The van der Waals surface area contributed by atoms with Crippen molar-refractivity contribution in [3.8, 4) is 0 Å². The number of aryl methyl sites for hydroxylation is 1. The van der Waals surface area contributed by atoms with Gasteiger partial charge < -0.3 is 9.30 Å². The zero-order valence-electron chi connectivity index (χ0n) is 13.5. The van der Waals surface area contributed by atoms with Crippen molar-refractivity contribution in [1.82, 2.24) is 25.6 Å². The number of nitrogens with one attached hydrogen (secondary N) is 2. The van der Waals surface area contributed by atoms with Crippen LogP contribution in [0.15, 0.2) is 5.16 Å². The number of rotatable bonds is 7. The Bertz CT molecular complexity index is 543. The van der Waals surface area contributed by atoms with Crippen molar-refractivity contribution in [2.24, 2.45) is 0 Å². The minimum absolute atomic E-state index is 0.163. The van der Waals surface area contributed by atoms with Gasteiger partial charge >= 0.3 is 0 Å². The third-order valence-electron chi connectivity index (χ3n) is 3.39. The Morgan fingerprint density at radius 3 is 2.87 bits per heavy atom. The van der Waals surface area contributed by atoms with E-state index in [9.17, 15) is 9.59 Å². The molecule has 2 rings (SSSR count). The second-order valence-corrected chi connectivity index (χ2v) is 6.35. The summed E-state index contributed by atoms with van der Waals surface area (Å²) in [6.45, 7) is 4.96. The summed E-state index contributed by atoms with van der Waals surface area (Å²) in [5, 5.41) is 9.14. The molecule has 1 aromatic rings. The number of hydrogen-bond acceptors (Lipinski definition) is 6. The quantitative estimate of drug-likeness (QED) is 0.559. The van der Waals surface area contributed by atoms with Crippen molar-refractivity contribution in [2.75, 3.05) is 12.4 Å². The fraction of sp³-hybridized carbons (Fsp3) is 0.714. The number of carbonyl (C=O) groups is 2. The van der Waals surface area contributed by atoms with Gasteiger partial charge in [0, 0.05) is 20.0 Å². The molecule has 0 aliphatic carbocycles. The summed E-state index contributed by atoms with van der Waals surface area (Å²) in [5.41, 5.74) is 4.60. The number of hydrazine groups is 1. The minimum atomic E-state index is -0.310. The maximum atomic E-state index is 11.7. The van der Waals surface area contributed by atoms with E-state index < -0.39 is 0 Å². The normalized spacial score (nSPS) is 17.2. The minimum Gasteiger partial charge on any atom is -0.376 e. The molecular weight excluding hydrogens is 318 g/mol. The summed E-state index contributed by atoms with van der Waals surface area (Å²) in [5.74, 6) is 0.493. The van der Waals surface area contributed by atoms with Crippen molar-refractivity contribution in [3.63, 3.8) is 0 Å². The average Bonchev–Trinajstić information content (AvgIpc) is 3.15. The Kier molecular flexibility index (Phi) is 6.85. The van der Waals surface area contributed by atoms with Crippen molar-refractivity contribution < 1.29 is 14.3 Å². The highest BCUT2D eigenvalue weighted by Crippen LogP contribution is 2.21. The molecule has 2 amide bonds. The first kappa shape index (κ1) is 17.7. The van der Waals surface area contributed by atoms with Crippen LogP contribution in [0.25, 0.3) is 0 Å². The van der Waals surface area contributed by atoms with Gasteiger partial charge in [0.05, 0.1) is 18.4 Å². The van der Waals surface area contributed by atoms with Crippen LogP contribution in [-0.4, -0.2) is 45.0 Å². The van der Waals surface area contributed by atoms with Gasteiger partial charge in [0.2, 0.25) is 11.8 Å². The Hall–Kier alpha value is -1.61. The zero-order valence-corrected chi connectivity index (χ0v) is 14.3. The summed E-state index contributed by atoms with van der Waals surface area (Å²) in [7, 11) is 0. The topological polar surface area (TPSA) is 98.1 Å². The van der Waals surface area contributed by atoms with E-state index >= 15 is 0 Å². The van der Waals surface area contributed by atoms with Crippen LogP contribution in [0.2, 0.25) is 0 Å². The van der Waals surface area contributed by atoms with Crippen LogP contribution in [0, 0.1) is 0 Å². The maximum Gasteiger partial charge on any atom is 0.248 e. The van der Waals surface area contributed by atoms with E-state index in [0.717, 1.165) is 44.7 Å². The van der Waals surface area contributed by atoms with E-state index in [0.29, 0.717) is 5.16 Å². The summed E-state index contributed by atoms with van der Waals surface area (Å²) < 4.78 is 7.74. The molecule has 0 saturated carbocycles. The number of nitrogens with zero attached hydrogens (tertiary/aromatic N) is 3. The highest BCUT2D eigenvalue weighted by Gasteiger charge is 2.21. The molecule has 2 heterocycles. The molecule has 23 heavy (non-hydrogen) atoms. The maximum absolute atomic E-state index is 11.7. The second kappa shape index (κ2) is 8.88. The predicted octanol–water partition coefficient (Wildman–Crippen LogP) is 0.669. The molecule has 128 valence electrons. The molecule has 0 bridgehead atoms. The lowest BCUT2D eigenvalue weighted by molar-refractivity contribution is -0.126. The summed E-state index contributed by atoms with van der Waals surface area (Å²) in [4.78, 5) is 22.5. The molecule has 8 nitrogen and oxygen atoms in total. The number of aromatic nitrogens is 3. The highest BCUT2D eigenvalue weighted by atomic mass is 32.2. The van der Waals surface area contributed by atoms with Gasteiger partial charge in [-0.15, -0.1) is 10.2 Å². The lowest BCUT2D eigenvalue weighted by Crippen LogP contribution is -2.41. The van der Waals surface area contributed by atoms with E-state index in [1.165, 1.54) is 18.7 Å². The van der Waals surface area contributed by atoms with Crippen molar-refractivity contribution in [1.29, 1.82) is 0 Å². The second-order valence-electron chi connectivity index (χ2n) is 5.41. The van der Waals surface area contributed by atoms with E-state index in [1.807, 2.05) is 0 Å². The molecule has 1 unspecified atom stereocenters. The molecule has 0 aromatic carbocycles. The van der Waals surface area contributed by atoms with Crippen molar-refractivity contribution in [2.45, 2.75) is 57.3 Å². The van der Waals surface area contributed by atoms with E-state index in [-0.39, 0.29) is 23.7 Å². The third-order valence-corrected chi connectivity index (χ3v) is 4.35. The summed E-state index contributed by atoms with van der Waals surface area (Å²) >= 11 is 1.31. The van der Waals surface area contributed by atoms with Crippen LogP contribution in [0.4, 0.5) is 0 Å². The highest BCUT2D eigenvalue weighted by molar-refractivity contribution is 7.99. The Labute approximate surface area is 139 Å². The first-order valence-corrected chi connectivity index (χ1v) is 8.80. The summed E-state index contributed by atoms with van der Waals surface area (Å²) in [6.07, 6.45) is 4.14. The smallest absolute Gasteiger partial charge is 0.248 e. The molecule has 9 heteroatoms. The van der Waals surface area contributed by atoms with Gasteiger partial charge in [0.1, 0.15) is 5.82 Å². The number of thioether (sulfide) groups is 1. The molecule has 0 spiro atoms. The molecule has 1 fully saturated rings. The molecule has 2 N–H and O–H groups in total. The lowest BCUT2D eigenvalue weighted by atomic mass is 10.2. The van der Waals surface area contributed by atoms with Gasteiger partial charge in [0.25, 0.3) is 0 Å². The summed E-state index contributed by atoms with van der Waals surface area (Å²) in [6, 6.07) is 0. The number of carbonyl (C=O) groups excluding carboxylic acids is 2. The van der Waals surface area contributed by atoms with E-state index in [1.54, 1.807) is 0 Å². The predicted molar refractivity (Wildman–Crippen MR) is 85.7 cm³/mol. The Morgan fingerprint density at radius 2 is 2.22 bits per heavy atom. The van der Waals surface area contributed by atoms with E-state index in [4.69, 9.17) is 4.74 Å².